The van der Waals surface area contributed by atoms with Crippen molar-refractivity contribution in [1.29, 1.82) is 0 Å². The van der Waals surface area contributed by atoms with Gasteiger partial charge >= 0.3 is 0 Å². The Bertz CT molecular complexity index is 580. The molecule has 0 bridgehead atoms. The van der Waals surface area contributed by atoms with E-state index in [4.69, 9.17) is 14.2 Å². The number of fused-ring (bicyclic) bond motifs is 1. The van der Waals surface area contributed by atoms with Gasteiger partial charge in [-0.1, -0.05) is 12.8 Å². The fourth-order valence-electron chi connectivity index (χ4n) is 4.07. The standard InChI is InChI=1S/C19H28N2O4/c1-23-16-8-12(9-17(24-2)18(16)25-3)11-20-19(22)15-10-13-6-4-5-7-14(13)21-15/h8-9,13-15,21H,4-7,10-11H2,1-3H3,(H,20,22). The van der Waals surface area contributed by atoms with Gasteiger partial charge < -0.3 is 24.8 Å². The fourth-order valence-corrected chi connectivity index (χ4v) is 4.07. The van der Waals surface area contributed by atoms with Crippen molar-refractivity contribution in [3.63, 3.8) is 0 Å². The minimum absolute atomic E-state index is 0.0724. The monoisotopic (exact) mass is 348 g/mol. The maximum atomic E-state index is 12.5. The van der Waals surface area contributed by atoms with Gasteiger partial charge in [0, 0.05) is 12.6 Å². The predicted molar refractivity (Wildman–Crippen MR) is 95.2 cm³/mol. The van der Waals surface area contributed by atoms with Crippen molar-refractivity contribution in [2.24, 2.45) is 5.92 Å². The van der Waals surface area contributed by atoms with Gasteiger partial charge in [0.15, 0.2) is 11.5 Å². The summed E-state index contributed by atoms with van der Waals surface area (Å²) in [5.41, 5.74) is 0.915. The highest BCUT2D eigenvalue weighted by Gasteiger charge is 2.38. The predicted octanol–water partition coefficient (Wildman–Crippen LogP) is 2.25. The van der Waals surface area contributed by atoms with Crippen LogP contribution in [0.3, 0.4) is 0 Å². The summed E-state index contributed by atoms with van der Waals surface area (Å²) >= 11 is 0. The first-order valence-electron chi connectivity index (χ1n) is 8.99. The summed E-state index contributed by atoms with van der Waals surface area (Å²) in [6.45, 7) is 0.434. The molecule has 1 aromatic carbocycles. The first kappa shape index (κ1) is 17.9. The zero-order valence-corrected chi connectivity index (χ0v) is 15.3. The van der Waals surface area contributed by atoms with E-state index in [-0.39, 0.29) is 11.9 Å². The Morgan fingerprint density at radius 3 is 2.40 bits per heavy atom. The van der Waals surface area contributed by atoms with Gasteiger partial charge in [-0.05, 0) is 42.9 Å². The number of ether oxygens (including phenoxy) is 3. The van der Waals surface area contributed by atoms with Gasteiger partial charge in [-0.2, -0.15) is 0 Å². The average Bonchev–Trinajstić information content (AvgIpc) is 3.09. The van der Waals surface area contributed by atoms with E-state index in [2.05, 4.69) is 10.6 Å². The average molecular weight is 348 g/mol. The van der Waals surface area contributed by atoms with Crippen molar-refractivity contribution >= 4 is 5.91 Å². The summed E-state index contributed by atoms with van der Waals surface area (Å²) in [4.78, 5) is 12.5. The van der Waals surface area contributed by atoms with Crippen LogP contribution in [0.5, 0.6) is 17.2 Å². The number of amides is 1. The van der Waals surface area contributed by atoms with Crippen molar-refractivity contribution in [1.82, 2.24) is 10.6 Å². The highest BCUT2D eigenvalue weighted by Crippen LogP contribution is 2.38. The summed E-state index contributed by atoms with van der Waals surface area (Å²) in [7, 11) is 4.75. The number of carbonyl (C=O) groups is 1. The molecule has 6 nitrogen and oxygen atoms in total. The van der Waals surface area contributed by atoms with E-state index in [1.54, 1.807) is 21.3 Å². The lowest BCUT2D eigenvalue weighted by atomic mass is 9.85. The molecule has 138 valence electrons. The highest BCUT2D eigenvalue weighted by molar-refractivity contribution is 5.82. The molecule has 0 aromatic heterocycles. The molecular weight excluding hydrogens is 320 g/mol. The number of rotatable bonds is 6. The Balaban J connectivity index is 1.62. The van der Waals surface area contributed by atoms with Crippen molar-refractivity contribution in [2.75, 3.05) is 21.3 Å². The van der Waals surface area contributed by atoms with Crippen LogP contribution < -0.4 is 24.8 Å². The molecule has 2 N–H and O–H groups in total. The lowest BCUT2D eigenvalue weighted by Crippen LogP contribution is -2.42. The summed E-state index contributed by atoms with van der Waals surface area (Å²) < 4.78 is 16.0. The number of nitrogens with one attached hydrogen (secondary N) is 2. The largest absolute Gasteiger partial charge is 0.493 e. The van der Waals surface area contributed by atoms with Crippen LogP contribution in [-0.2, 0) is 11.3 Å². The van der Waals surface area contributed by atoms with E-state index in [0.29, 0.717) is 35.8 Å². The van der Waals surface area contributed by atoms with Crippen molar-refractivity contribution in [3.05, 3.63) is 17.7 Å². The molecule has 1 aliphatic heterocycles. The van der Waals surface area contributed by atoms with Crippen LogP contribution in [0, 0.1) is 5.92 Å². The molecule has 1 amide bonds. The lowest BCUT2D eigenvalue weighted by molar-refractivity contribution is -0.123. The molecule has 3 unspecified atom stereocenters. The minimum atomic E-state index is -0.0739. The SMILES string of the molecule is COc1cc(CNC(=O)C2CC3CCCCC3N2)cc(OC)c1OC. The molecule has 2 fully saturated rings. The van der Waals surface area contributed by atoms with E-state index < -0.39 is 0 Å². The maximum absolute atomic E-state index is 12.5. The number of methoxy groups -OCH3 is 3. The summed E-state index contributed by atoms with van der Waals surface area (Å²) in [6.07, 6.45) is 5.96. The molecule has 6 heteroatoms. The van der Waals surface area contributed by atoms with Crippen LogP contribution in [0.2, 0.25) is 0 Å². The molecule has 1 heterocycles. The second kappa shape index (κ2) is 7.95. The van der Waals surface area contributed by atoms with E-state index >= 15 is 0 Å². The summed E-state index contributed by atoms with van der Waals surface area (Å²) in [5, 5.41) is 6.55. The smallest absolute Gasteiger partial charge is 0.237 e. The van der Waals surface area contributed by atoms with E-state index in [1.807, 2.05) is 12.1 Å². The Morgan fingerprint density at radius 1 is 1.12 bits per heavy atom. The molecule has 2 aliphatic rings. The molecule has 0 radical (unpaired) electrons. The van der Waals surface area contributed by atoms with Crippen molar-refractivity contribution < 1.29 is 19.0 Å². The van der Waals surface area contributed by atoms with Crippen LogP contribution in [0.4, 0.5) is 0 Å². The second-order valence-corrected chi connectivity index (χ2v) is 6.86. The van der Waals surface area contributed by atoms with E-state index in [9.17, 15) is 4.79 Å². The van der Waals surface area contributed by atoms with Crippen LogP contribution in [0.25, 0.3) is 0 Å². The Labute approximate surface area is 149 Å². The number of hydrogen-bond acceptors (Lipinski definition) is 5. The third-order valence-corrected chi connectivity index (χ3v) is 5.37. The van der Waals surface area contributed by atoms with Gasteiger partial charge in [-0.3, -0.25) is 4.79 Å². The Kier molecular flexibility index (Phi) is 5.68. The third kappa shape index (κ3) is 3.84. The minimum Gasteiger partial charge on any atom is -0.493 e. The second-order valence-electron chi connectivity index (χ2n) is 6.86. The zero-order chi connectivity index (χ0) is 17.8. The topological polar surface area (TPSA) is 68.8 Å². The van der Waals surface area contributed by atoms with Crippen LogP contribution >= 0.6 is 0 Å². The quantitative estimate of drug-likeness (QED) is 0.825. The van der Waals surface area contributed by atoms with Crippen molar-refractivity contribution in [3.8, 4) is 17.2 Å². The van der Waals surface area contributed by atoms with Crippen LogP contribution in [-0.4, -0.2) is 39.3 Å². The van der Waals surface area contributed by atoms with Gasteiger partial charge in [-0.15, -0.1) is 0 Å². The molecule has 0 spiro atoms. The number of benzene rings is 1. The summed E-state index contributed by atoms with van der Waals surface area (Å²) in [6, 6.07) is 4.17. The molecular formula is C19H28N2O4. The Hall–Kier alpha value is -1.95. The molecule has 1 aliphatic carbocycles. The van der Waals surface area contributed by atoms with E-state index in [0.717, 1.165) is 12.0 Å². The van der Waals surface area contributed by atoms with Gasteiger partial charge in [0.2, 0.25) is 11.7 Å². The molecule has 1 saturated heterocycles. The first-order chi connectivity index (χ1) is 12.2. The molecule has 25 heavy (non-hydrogen) atoms. The van der Waals surface area contributed by atoms with Gasteiger partial charge in [0.25, 0.3) is 0 Å². The van der Waals surface area contributed by atoms with Crippen LogP contribution in [0.15, 0.2) is 12.1 Å². The third-order valence-electron chi connectivity index (χ3n) is 5.37. The normalized spacial score (nSPS) is 25.2. The van der Waals surface area contributed by atoms with Crippen molar-refractivity contribution in [2.45, 2.75) is 50.7 Å². The van der Waals surface area contributed by atoms with Gasteiger partial charge in [0.1, 0.15) is 0 Å². The van der Waals surface area contributed by atoms with Crippen LogP contribution in [0.1, 0.15) is 37.7 Å². The van der Waals surface area contributed by atoms with E-state index in [1.165, 1.54) is 25.7 Å². The molecule has 3 atom stereocenters. The fraction of sp³-hybridized carbons (Fsp3) is 0.632. The molecule has 1 saturated carbocycles. The number of carbonyl (C=O) groups excluding carboxylic acids is 1. The van der Waals surface area contributed by atoms with Gasteiger partial charge in [0.05, 0.1) is 27.4 Å². The zero-order valence-electron chi connectivity index (χ0n) is 15.3. The summed E-state index contributed by atoms with van der Waals surface area (Å²) in [5.74, 6) is 2.47. The lowest BCUT2D eigenvalue weighted by Gasteiger charge is -2.24. The maximum Gasteiger partial charge on any atom is 0.237 e. The number of hydrogen-bond donors (Lipinski definition) is 2. The highest BCUT2D eigenvalue weighted by atomic mass is 16.5. The first-order valence-corrected chi connectivity index (χ1v) is 8.99. The molecule has 1 aromatic rings. The van der Waals surface area contributed by atoms with Gasteiger partial charge in [-0.25, -0.2) is 0 Å². The Morgan fingerprint density at radius 2 is 1.80 bits per heavy atom. The molecule has 3 rings (SSSR count).